The second-order valence-electron chi connectivity index (χ2n) is 4.55. The average Bonchev–Trinajstić information content (AvgIpc) is 2.53. The minimum absolute atomic E-state index is 0.166. The summed E-state index contributed by atoms with van der Waals surface area (Å²) in [6.07, 6.45) is 6.47. The maximum absolute atomic E-state index is 11.5. The molecule has 0 bridgehead atoms. The summed E-state index contributed by atoms with van der Waals surface area (Å²) in [4.78, 5) is 11.5. The molecule has 2 aromatic rings. The lowest BCUT2D eigenvalue weighted by Crippen LogP contribution is -1.99. The number of carbonyl (C=O) groups is 1. The highest BCUT2D eigenvalue weighted by atomic mass is 16.5. The molecule has 22 heavy (non-hydrogen) atoms. The molecule has 0 aliphatic heterocycles. The Bertz CT molecular complexity index is 667. The van der Waals surface area contributed by atoms with Crippen LogP contribution in [0.2, 0.25) is 0 Å². The number of esters is 1. The molecule has 0 aliphatic rings. The predicted molar refractivity (Wildman–Crippen MR) is 85.2 cm³/mol. The third kappa shape index (κ3) is 5.17. The van der Waals surface area contributed by atoms with E-state index in [0.29, 0.717) is 0 Å². The second kappa shape index (κ2) is 7.69. The van der Waals surface area contributed by atoms with Crippen LogP contribution in [-0.2, 0) is 9.53 Å². The molecule has 4 nitrogen and oxygen atoms in total. The number of ether oxygens (including phenoxy) is 1. The minimum atomic E-state index is -0.441. The minimum Gasteiger partial charge on any atom is -0.508 e. The number of aromatic hydroxyl groups is 2. The Balaban J connectivity index is 1.77. The summed E-state index contributed by atoms with van der Waals surface area (Å²) in [5.41, 5.74) is 1.71. The summed E-state index contributed by atoms with van der Waals surface area (Å²) >= 11 is 0. The predicted octanol–water partition coefficient (Wildman–Crippen LogP) is 3.37. The normalized spacial score (nSPS) is 11.1. The fraction of sp³-hybridized carbons (Fsp3) is 0.0556. The Morgan fingerprint density at radius 1 is 0.864 bits per heavy atom. The Labute approximate surface area is 128 Å². The van der Waals surface area contributed by atoms with Gasteiger partial charge in [0.1, 0.15) is 18.1 Å². The van der Waals surface area contributed by atoms with Gasteiger partial charge in [-0.05, 0) is 47.5 Å². The molecular formula is C18H16O4. The van der Waals surface area contributed by atoms with Crippen molar-refractivity contribution in [1.82, 2.24) is 0 Å². The van der Waals surface area contributed by atoms with Crippen molar-refractivity contribution in [3.63, 3.8) is 0 Å². The molecule has 0 atom stereocenters. The maximum atomic E-state index is 11.5. The highest BCUT2D eigenvalue weighted by Crippen LogP contribution is 2.11. The third-order valence-corrected chi connectivity index (χ3v) is 2.83. The van der Waals surface area contributed by atoms with E-state index in [2.05, 4.69) is 0 Å². The van der Waals surface area contributed by atoms with E-state index in [1.54, 1.807) is 66.8 Å². The summed E-state index contributed by atoms with van der Waals surface area (Å²) in [7, 11) is 0. The maximum Gasteiger partial charge on any atom is 0.331 e. The van der Waals surface area contributed by atoms with E-state index in [-0.39, 0.29) is 18.1 Å². The number of benzene rings is 2. The van der Waals surface area contributed by atoms with Crippen LogP contribution < -0.4 is 0 Å². The Morgan fingerprint density at radius 3 is 1.91 bits per heavy atom. The van der Waals surface area contributed by atoms with Crippen LogP contribution in [0.5, 0.6) is 11.5 Å². The van der Waals surface area contributed by atoms with Crippen molar-refractivity contribution in [2.75, 3.05) is 6.61 Å². The lowest BCUT2D eigenvalue weighted by Gasteiger charge is -1.98. The Kier molecular flexibility index (Phi) is 5.37. The fourth-order valence-corrected chi connectivity index (χ4v) is 1.70. The molecule has 0 unspecified atom stereocenters. The number of phenols is 2. The van der Waals surface area contributed by atoms with Gasteiger partial charge in [-0.25, -0.2) is 4.79 Å². The van der Waals surface area contributed by atoms with Crippen molar-refractivity contribution in [2.45, 2.75) is 0 Å². The molecule has 0 fully saturated rings. The monoisotopic (exact) mass is 296 g/mol. The molecule has 0 spiro atoms. The van der Waals surface area contributed by atoms with E-state index in [1.807, 2.05) is 0 Å². The van der Waals surface area contributed by atoms with Crippen LogP contribution in [0.15, 0.2) is 60.7 Å². The van der Waals surface area contributed by atoms with Gasteiger partial charge in [-0.3, -0.25) is 0 Å². The van der Waals surface area contributed by atoms with Crippen molar-refractivity contribution in [3.05, 3.63) is 71.8 Å². The van der Waals surface area contributed by atoms with Gasteiger partial charge in [0.15, 0.2) is 0 Å². The first-order valence-electron chi connectivity index (χ1n) is 6.73. The molecule has 2 N–H and O–H groups in total. The van der Waals surface area contributed by atoms with Gasteiger partial charge in [-0.1, -0.05) is 30.3 Å². The molecule has 0 saturated carbocycles. The second-order valence-corrected chi connectivity index (χ2v) is 4.55. The molecular weight excluding hydrogens is 280 g/mol. The van der Waals surface area contributed by atoms with Crippen LogP contribution in [0.25, 0.3) is 12.2 Å². The lowest BCUT2D eigenvalue weighted by molar-refractivity contribution is -0.136. The molecule has 0 aliphatic carbocycles. The van der Waals surface area contributed by atoms with Crippen molar-refractivity contribution < 1.29 is 19.7 Å². The third-order valence-electron chi connectivity index (χ3n) is 2.83. The summed E-state index contributed by atoms with van der Waals surface area (Å²) in [6, 6.07) is 13.2. The first kappa shape index (κ1) is 15.4. The van der Waals surface area contributed by atoms with Crippen LogP contribution in [0.3, 0.4) is 0 Å². The highest BCUT2D eigenvalue weighted by Gasteiger charge is 1.95. The van der Waals surface area contributed by atoms with Crippen LogP contribution in [-0.4, -0.2) is 22.8 Å². The van der Waals surface area contributed by atoms with E-state index in [0.717, 1.165) is 11.1 Å². The number of hydrogen-bond acceptors (Lipinski definition) is 4. The number of carbonyl (C=O) groups excluding carboxylic acids is 1. The molecule has 0 amide bonds. The molecule has 0 aromatic heterocycles. The summed E-state index contributed by atoms with van der Waals surface area (Å²) < 4.78 is 5.02. The van der Waals surface area contributed by atoms with Crippen molar-refractivity contribution in [2.24, 2.45) is 0 Å². The molecule has 0 heterocycles. The molecule has 2 rings (SSSR count). The van der Waals surface area contributed by atoms with Gasteiger partial charge in [0.2, 0.25) is 0 Å². The molecule has 4 heteroatoms. The van der Waals surface area contributed by atoms with E-state index in [1.165, 1.54) is 6.08 Å². The van der Waals surface area contributed by atoms with Crippen molar-refractivity contribution >= 4 is 18.1 Å². The quantitative estimate of drug-likeness (QED) is 0.656. The van der Waals surface area contributed by atoms with Gasteiger partial charge in [0.05, 0.1) is 0 Å². The number of phenolic OH excluding ortho intramolecular Hbond substituents is 2. The Morgan fingerprint density at radius 2 is 1.36 bits per heavy atom. The van der Waals surface area contributed by atoms with E-state index < -0.39 is 5.97 Å². The number of rotatable bonds is 5. The van der Waals surface area contributed by atoms with Gasteiger partial charge < -0.3 is 14.9 Å². The van der Waals surface area contributed by atoms with E-state index in [9.17, 15) is 4.79 Å². The summed E-state index contributed by atoms with van der Waals surface area (Å²) in [5, 5.41) is 18.3. The SMILES string of the molecule is O=C(C=Cc1ccc(O)cc1)OCC=Cc1ccc(O)cc1. The zero-order valence-electron chi connectivity index (χ0n) is 11.8. The van der Waals surface area contributed by atoms with Crippen LogP contribution in [0, 0.1) is 0 Å². The van der Waals surface area contributed by atoms with Gasteiger partial charge in [-0.15, -0.1) is 0 Å². The summed E-state index contributed by atoms with van der Waals surface area (Å²) in [6.45, 7) is 0.166. The smallest absolute Gasteiger partial charge is 0.331 e. The number of hydrogen-bond donors (Lipinski definition) is 2. The van der Waals surface area contributed by atoms with Crippen LogP contribution in [0.1, 0.15) is 11.1 Å². The van der Waals surface area contributed by atoms with Crippen LogP contribution >= 0.6 is 0 Å². The molecule has 0 radical (unpaired) electrons. The molecule has 112 valence electrons. The van der Waals surface area contributed by atoms with Crippen LogP contribution in [0.4, 0.5) is 0 Å². The van der Waals surface area contributed by atoms with Crippen molar-refractivity contribution in [1.29, 1.82) is 0 Å². The van der Waals surface area contributed by atoms with Gasteiger partial charge in [0.25, 0.3) is 0 Å². The highest BCUT2D eigenvalue weighted by molar-refractivity contribution is 5.87. The van der Waals surface area contributed by atoms with E-state index >= 15 is 0 Å². The zero-order chi connectivity index (χ0) is 15.8. The first-order chi connectivity index (χ1) is 10.6. The fourth-order valence-electron chi connectivity index (χ4n) is 1.70. The average molecular weight is 296 g/mol. The lowest BCUT2D eigenvalue weighted by atomic mass is 10.2. The zero-order valence-corrected chi connectivity index (χ0v) is 11.8. The van der Waals surface area contributed by atoms with Gasteiger partial charge >= 0.3 is 5.97 Å². The molecule has 0 saturated heterocycles. The molecule has 2 aromatic carbocycles. The van der Waals surface area contributed by atoms with Crippen molar-refractivity contribution in [3.8, 4) is 11.5 Å². The standard InChI is InChI=1S/C18H16O4/c19-16-8-3-14(4-9-16)2-1-13-22-18(21)12-7-15-5-10-17(20)11-6-15/h1-12,19-20H,13H2. The van der Waals surface area contributed by atoms with Gasteiger partial charge in [0, 0.05) is 6.08 Å². The van der Waals surface area contributed by atoms with Gasteiger partial charge in [-0.2, -0.15) is 0 Å². The Hall–Kier alpha value is -3.01. The topological polar surface area (TPSA) is 66.8 Å². The summed E-state index contributed by atoms with van der Waals surface area (Å²) in [5.74, 6) is -0.0505. The van der Waals surface area contributed by atoms with E-state index in [4.69, 9.17) is 14.9 Å². The first-order valence-corrected chi connectivity index (χ1v) is 6.73. The largest absolute Gasteiger partial charge is 0.508 e.